The number of carbonyl (C=O) groups is 1. The number of hydrogen-bond acceptors (Lipinski definition) is 3. The molecule has 0 aromatic rings. The third-order valence-corrected chi connectivity index (χ3v) is 4.19. The summed E-state index contributed by atoms with van der Waals surface area (Å²) >= 11 is 0. The van der Waals surface area contributed by atoms with E-state index >= 15 is 0 Å². The van der Waals surface area contributed by atoms with E-state index in [1.165, 1.54) is 32.1 Å². The second kappa shape index (κ2) is 14.7. The average molecular weight is 347 g/mol. The maximum atomic E-state index is 10.1. The van der Waals surface area contributed by atoms with Crippen LogP contribution in [0.4, 0.5) is 0 Å². The molecule has 24 heavy (non-hydrogen) atoms. The molecule has 0 unspecified atom stereocenters. The number of unbranched alkanes of at least 4 members (excludes halogenated alkanes) is 6. The van der Waals surface area contributed by atoms with Crippen LogP contribution in [0.2, 0.25) is 0 Å². The van der Waals surface area contributed by atoms with Crippen LogP contribution in [0.15, 0.2) is 0 Å². The van der Waals surface area contributed by atoms with E-state index in [9.17, 15) is 4.79 Å². The lowest BCUT2D eigenvalue weighted by Crippen LogP contribution is -2.31. The topological polar surface area (TPSA) is 55.8 Å². The number of carboxylic acids is 1. The van der Waals surface area contributed by atoms with Crippen LogP contribution in [0.5, 0.6) is 0 Å². The van der Waals surface area contributed by atoms with Crippen LogP contribution < -0.4 is 0 Å². The van der Waals surface area contributed by atoms with E-state index in [4.69, 9.17) is 14.9 Å². The number of carboxylic acid groups (broad SMARTS) is 1. The molecule has 0 fully saturated rings. The van der Waals surface area contributed by atoms with Crippen molar-refractivity contribution in [2.75, 3.05) is 0 Å². The molecule has 0 rings (SSSR count). The maximum Gasteiger partial charge on any atom is 0.303 e. The van der Waals surface area contributed by atoms with Gasteiger partial charge in [0.2, 0.25) is 0 Å². The Bertz CT molecular complexity index is 282. The molecule has 4 heteroatoms. The van der Waals surface area contributed by atoms with Crippen molar-refractivity contribution in [1.29, 1.82) is 0 Å². The first-order valence-corrected chi connectivity index (χ1v) is 9.68. The predicted octanol–water partition coefficient (Wildman–Crippen LogP) is 6.52. The van der Waals surface area contributed by atoms with Gasteiger partial charge in [-0.05, 0) is 47.0 Å². The molecule has 0 aromatic heterocycles. The van der Waals surface area contributed by atoms with E-state index in [1.54, 1.807) is 0 Å². The van der Waals surface area contributed by atoms with E-state index in [0.717, 1.165) is 25.7 Å². The molecule has 0 radical (unpaired) electrons. The Morgan fingerprint density at radius 1 is 0.750 bits per heavy atom. The van der Waals surface area contributed by atoms with Crippen LogP contribution in [0.25, 0.3) is 0 Å². The monoisotopic (exact) mass is 346 g/mol. The molecule has 0 aromatic carbocycles. The van der Waals surface area contributed by atoms with Crippen molar-refractivity contribution in [2.45, 2.75) is 124 Å². The Hall–Kier alpha value is -0.610. The van der Waals surface area contributed by atoms with Crippen LogP contribution in [0, 0.1) is 0 Å². The Morgan fingerprint density at radius 2 is 1.12 bits per heavy atom. The molecule has 146 valence electrons. The minimum atomic E-state index is -0.663. The zero-order valence-corrected chi connectivity index (χ0v) is 17.2. The quantitative estimate of drug-likeness (QED) is 0.234. The molecule has 0 heterocycles. The molecular weight excluding hydrogens is 304 g/mol. The van der Waals surface area contributed by atoms with Crippen LogP contribution in [-0.2, 0) is 14.6 Å². The Labute approximate surface area is 150 Å². The van der Waals surface area contributed by atoms with Gasteiger partial charge in [0.1, 0.15) is 0 Å². The van der Waals surface area contributed by atoms with Gasteiger partial charge in [-0.2, -0.15) is 0 Å². The summed E-state index contributed by atoms with van der Waals surface area (Å²) in [5.74, 6) is -0.663. The van der Waals surface area contributed by atoms with Gasteiger partial charge in [-0.15, -0.1) is 0 Å². The molecule has 0 aliphatic heterocycles. The predicted molar refractivity (Wildman–Crippen MR) is 101 cm³/mol. The summed E-state index contributed by atoms with van der Waals surface area (Å²) in [6, 6.07) is 0. The van der Waals surface area contributed by atoms with Crippen molar-refractivity contribution < 1.29 is 19.7 Å². The van der Waals surface area contributed by atoms with E-state index in [2.05, 4.69) is 20.8 Å². The zero-order chi connectivity index (χ0) is 19.1. The van der Waals surface area contributed by atoms with Gasteiger partial charge in [0.25, 0.3) is 0 Å². The van der Waals surface area contributed by atoms with Gasteiger partial charge in [-0.1, -0.05) is 59.3 Å². The standard InChI is InChI=1S/C10H22O2.C10H20O2/c1-7-9(3,4)11-12-10(5,6)8-2;1-2-3-4-5-6-7-8-9-10(11)12/h7-8H2,1-6H3;2-9H2,1H3,(H,11,12). The Morgan fingerprint density at radius 3 is 1.46 bits per heavy atom. The van der Waals surface area contributed by atoms with Gasteiger partial charge in [-0.3, -0.25) is 4.79 Å². The van der Waals surface area contributed by atoms with Crippen LogP contribution in [-0.4, -0.2) is 22.3 Å². The van der Waals surface area contributed by atoms with Crippen molar-refractivity contribution in [3.05, 3.63) is 0 Å². The number of rotatable bonds is 13. The molecule has 1 N–H and O–H groups in total. The van der Waals surface area contributed by atoms with E-state index in [-0.39, 0.29) is 11.2 Å². The second-order valence-corrected chi connectivity index (χ2v) is 7.66. The first kappa shape index (κ1) is 25.6. The summed E-state index contributed by atoms with van der Waals surface area (Å²) in [4.78, 5) is 20.8. The molecule has 0 bridgehead atoms. The highest BCUT2D eigenvalue weighted by Gasteiger charge is 2.23. The Balaban J connectivity index is 0. The van der Waals surface area contributed by atoms with Crippen molar-refractivity contribution in [2.24, 2.45) is 0 Å². The third kappa shape index (κ3) is 19.4. The lowest BCUT2D eigenvalue weighted by atomic mass is 10.1. The van der Waals surface area contributed by atoms with E-state index < -0.39 is 5.97 Å². The molecule has 0 spiro atoms. The summed E-state index contributed by atoms with van der Waals surface area (Å²) in [5.41, 5.74) is -0.348. The highest BCUT2D eigenvalue weighted by molar-refractivity contribution is 5.66. The van der Waals surface area contributed by atoms with Gasteiger partial charge in [0.15, 0.2) is 0 Å². The van der Waals surface area contributed by atoms with Gasteiger partial charge in [0.05, 0.1) is 11.2 Å². The van der Waals surface area contributed by atoms with Crippen molar-refractivity contribution in [3.63, 3.8) is 0 Å². The molecular formula is C20H42O4. The van der Waals surface area contributed by atoms with Crippen LogP contribution in [0.3, 0.4) is 0 Å². The van der Waals surface area contributed by atoms with Gasteiger partial charge in [-0.25, -0.2) is 9.78 Å². The molecule has 0 aliphatic carbocycles. The van der Waals surface area contributed by atoms with Gasteiger partial charge in [0, 0.05) is 6.42 Å². The molecule has 0 aliphatic rings. The fourth-order valence-corrected chi connectivity index (χ4v) is 1.58. The number of hydrogen-bond donors (Lipinski definition) is 1. The summed E-state index contributed by atoms with van der Waals surface area (Å²) in [7, 11) is 0. The van der Waals surface area contributed by atoms with Crippen molar-refractivity contribution in [1.82, 2.24) is 0 Å². The third-order valence-electron chi connectivity index (χ3n) is 4.19. The van der Waals surface area contributed by atoms with Crippen LogP contribution >= 0.6 is 0 Å². The van der Waals surface area contributed by atoms with Gasteiger partial charge < -0.3 is 5.11 Å². The Kier molecular flexibility index (Phi) is 15.7. The van der Waals surface area contributed by atoms with Crippen molar-refractivity contribution >= 4 is 5.97 Å². The first-order chi connectivity index (χ1) is 11.1. The minimum Gasteiger partial charge on any atom is -0.481 e. The zero-order valence-electron chi connectivity index (χ0n) is 17.2. The lowest BCUT2D eigenvalue weighted by Gasteiger charge is -2.29. The summed E-state index contributed by atoms with van der Waals surface area (Å²) in [5, 5.41) is 8.35. The molecule has 4 nitrogen and oxygen atoms in total. The largest absolute Gasteiger partial charge is 0.481 e. The highest BCUT2D eigenvalue weighted by Crippen LogP contribution is 2.21. The maximum absolute atomic E-state index is 10.1. The number of aliphatic carboxylic acids is 1. The molecule has 0 saturated heterocycles. The lowest BCUT2D eigenvalue weighted by molar-refractivity contribution is -0.401. The second-order valence-electron chi connectivity index (χ2n) is 7.66. The fraction of sp³-hybridized carbons (Fsp3) is 0.950. The summed E-state index contributed by atoms with van der Waals surface area (Å²) < 4.78 is 0. The summed E-state index contributed by atoms with van der Waals surface area (Å²) in [6.07, 6.45) is 10.5. The smallest absolute Gasteiger partial charge is 0.303 e. The van der Waals surface area contributed by atoms with Crippen LogP contribution in [0.1, 0.15) is 113 Å². The fourth-order valence-electron chi connectivity index (χ4n) is 1.58. The summed E-state index contributed by atoms with van der Waals surface area (Å²) in [6.45, 7) is 14.5. The van der Waals surface area contributed by atoms with E-state index in [0.29, 0.717) is 6.42 Å². The molecule has 0 saturated carbocycles. The normalized spacial score (nSPS) is 11.8. The van der Waals surface area contributed by atoms with E-state index in [1.807, 2.05) is 27.7 Å². The SMILES string of the molecule is CCC(C)(C)OOC(C)(C)CC.CCCCCCCCCC(=O)O. The first-order valence-electron chi connectivity index (χ1n) is 9.68. The highest BCUT2D eigenvalue weighted by atomic mass is 17.2. The molecule has 0 atom stereocenters. The van der Waals surface area contributed by atoms with Gasteiger partial charge >= 0.3 is 5.97 Å². The minimum absolute atomic E-state index is 0.174. The molecule has 0 amide bonds. The van der Waals surface area contributed by atoms with Crippen molar-refractivity contribution in [3.8, 4) is 0 Å². The average Bonchev–Trinajstić information content (AvgIpc) is 2.53.